The van der Waals surface area contributed by atoms with Gasteiger partial charge in [-0.25, -0.2) is 23.1 Å². The first-order valence-corrected chi connectivity index (χ1v) is 6.74. The molecule has 0 unspecified atom stereocenters. The van der Waals surface area contributed by atoms with Gasteiger partial charge >= 0.3 is 0 Å². The van der Waals surface area contributed by atoms with Crippen LogP contribution in [0.5, 0.6) is 0 Å². The van der Waals surface area contributed by atoms with Crippen LogP contribution in [0.15, 0.2) is 22.8 Å². The first kappa shape index (κ1) is 14.8. The van der Waals surface area contributed by atoms with Gasteiger partial charge in [0.05, 0.1) is 0 Å². The van der Waals surface area contributed by atoms with E-state index in [4.69, 9.17) is 0 Å². The number of aromatic nitrogens is 2. The average molecular weight is 346 g/mol. The van der Waals surface area contributed by atoms with E-state index >= 15 is 0 Å². The zero-order valence-electron chi connectivity index (χ0n) is 10.6. The van der Waals surface area contributed by atoms with Crippen molar-refractivity contribution < 1.29 is 13.2 Å². The Kier molecular flexibility index (Phi) is 4.59. The van der Waals surface area contributed by atoms with Crippen molar-refractivity contribution in [2.45, 2.75) is 19.8 Å². The summed E-state index contributed by atoms with van der Waals surface area (Å²) in [4.78, 5) is 8.38. The van der Waals surface area contributed by atoms with Gasteiger partial charge in [-0.1, -0.05) is 6.92 Å². The highest BCUT2D eigenvalue weighted by molar-refractivity contribution is 9.10. The molecular weight excluding hydrogens is 335 g/mol. The summed E-state index contributed by atoms with van der Waals surface area (Å²) >= 11 is 3.24. The molecule has 7 heteroatoms. The summed E-state index contributed by atoms with van der Waals surface area (Å²) in [5, 5.41) is 2.72. The molecule has 1 aromatic carbocycles. The van der Waals surface area contributed by atoms with Gasteiger partial charge in [-0.2, -0.15) is 0 Å². The van der Waals surface area contributed by atoms with Crippen LogP contribution in [0.2, 0.25) is 0 Å². The SMILES string of the molecule is CCCc1nc(Br)cc(Nc2cc(F)c(F)c(F)c2)n1. The summed E-state index contributed by atoms with van der Waals surface area (Å²) in [5.41, 5.74) is 0.0782. The van der Waals surface area contributed by atoms with E-state index in [9.17, 15) is 13.2 Å². The van der Waals surface area contributed by atoms with E-state index < -0.39 is 17.5 Å². The van der Waals surface area contributed by atoms with Crippen LogP contribution in [-0.2, 0) is 6.42 Å². The maximum Gasteiger partial charge on any atom is 0.194 e. The van der Waals surface area contributed by atoms with Crippen LogP contribution in [0.25, 0.3) is 0 Å². The molecule has 0 saturated heterocycles. The number of halogens is 4. The maximum absolute atomic E-state index is 13.1. The van der Waals surface area contributed by atoms with Crippen molar-refractivity contribution in [3.8, 4) is 0 Å². The van der Waals surface area contributed by atoms with E-state index in [0.717, 1.165) is 18.6 Å². The minimum Gasteiger partial charge on any atom is -0.340 e. The lowest BCUT2D eigenvalue weighted by Crippen LogP contribution is -2.02. The third-order valence-electron chi connectivity index (χ3n) is 2.47. The van der Waals surface area contributed by atoms with E-state index in [-0.39, 0.29) is 5.69 Å². The van der Waals surface area contributed by atoms with Gasteiger partial charge < -0.3 is 5.32 Å². The number of nitrogens with one attached hydrogen (secondary N) is 1. The van der Waals surface area contributed by atoms with Crippen molar-refractivity contribution in [1.82, 2.24) is 9.97 Å². The Bertz CT molecular complexity index is 611. The largest absolute Gasteiger partial charge is 0.340 e. The second-order valence-electron chi connectivity index (χ2n) is 4.12. The van der Waals surface area contributed by atoms with Crippen molar-refractivity contribution in [2.24, 2.45) is 0 Å². The van der Waals surface area contributed by atoms with Crippen LogP contribution in [0.1, 0.15) is 19.2 Å². The molecule has 0 aliphatic heterocycles. The van der Waals surface area contributed by atoms with Crippen molar-refractivity contribution in [3.63, 3.8) is 0 Å². The smallest absolute Gasteiger partial charge is 0.194 e. The average Bonchev–Trinajstić information content (AvgIpc) is 2.35. The fourth-order valence-corrected chi connectivity index (χ4v) is 2.06. The summed E-state index contributed by atoms with van der Waals surface area (Å²) < 4.78 is 39.7. The Morgan fingerprint density at radius 3 is 2.35 bits per heavy atom. The summed E-state index contributed by atoms with van der Waals surface area (Å²) in [6.07, 6.45) is 1.55. The molecule has 1 aromatic heterocycles. The highest BCUT2D eigenvalue weighted by atomic mass is 79.9. The van der Waals surface area contributed by atoms with E-state index in [1.807, 2.05) is 6.92 Å². The predicted octanol–water partition coefficient (Wildman–Crippen LogP) is 4.35. The Morgan fingerprint density at radius 2 is 1.75 bits per heavy atom. The molecule has 1 N–H and O–H groups in total. The molecule has 3 nitrogen and oxygen atoms in total. The molecule has 0 spiro atoms. The molecule has 0 fully saturated rings. The van der Waals surface area contributed by atoms with Crippen molar-refractivity contribution in [3.05, 3.63) is 46.1 Å². The first-order chi connectivity index (χ1) is 9.49. The summed E-state index contributed by atoms with van der Waals surface area (Å²) in [6.45, 7) is 1.99. The summed E-state index contributed by atoms with van der Waals surface area (Å²) in [5.74, 6) is -3.02. The van der Waals surface area contributed by atoms with Gasteiger partial charge in [-0.15, -0.1) is 0 Å². The van der Waals surface area contributed by atoms with E-state index in [1.165, 1.54) is 0 Å². The number of hydrogen-bond acceptors (Lipinski definition) is 3. The first-order valence-electron chi connectivity index (χ1n) is 5.94. The van der Waals surface area contributed by atoms with Gasteiger partial charge in [-0.3, -0.25) is 0 Å². The molecule has 0 aliphatic carbocycles. The maximum atomic E-state index is 13.1. The zero-order valence-corrected chi connectivity index (χ0v) is 12.1. The Hall–Kier alpha value is -1.63. The van der Waals surface area contributed by atoms with Crippen LogP contribution >= 0.6 is 15.9 Å². The molecule has 0 saturated carbocycles. The van der Waals surface area contributed by atoms with E-state index in [1.54, 1.807) is 6.07 Å². The molecule has 106 valence electrons. The van der Waals surface area contributed by atoms with Gasteiger partial charge in [0.1, 0.15) is 16.2 Å². The van der Waals surface area contributed by atoms with Gasteiger partial charge in [0.25, 0.3) is 0 Å². The van der Waals surface area contributed by atoms with E-state index in [2.05, 4.69) is 31.2 Å². The van der Waals surface area contributed by atoms with Crippen LogP contribution in [0.3, 0.4) is 0 Å². The van der Waals surface area contributed by atoms with Crippen LogP contribution < -0.4 is 5.32 Å². The van der Waals surface area contributed by atoms with Crippen molar-refractivity contribution >= 4 is 27.4 Å². The van der Waals surface area contributed by atoms with Gasteiger partial charge in [-0.05, 0) is 22.4 Å². The van der Waals surface area contributed by atoms with Gasteiger partial charge in [0.2, 0.25) is 0 Å². The monoisotopic (exact) mass is 345 g/mol. The number of aryl methyl sites for hydroxylation is 1. The molecule has 0 aliphatic rings. The Morgan fingerprint density at radius 1 is 1.10 bits per heavy atom. The molecule has 0 bridgehead atoms. The fourth-order valence-electron chi connectivity index (χ4n) is 1.64. The molecule has 1 heterocycles. The van der Waals surface area contributed by atoms with Crippen LogP contribution in [0.4, 0.5) is 24.7 Å². The third kappa shape index (κ3) is 3.47. The summed E-state index contributed by atoms with van der Waals surface area (Å²) in [7, 11) is 0. The lowest BCUT2D eigenvalue weighted by atomic mass is 10.3. The minimum absolute atomic E-state index is 0.0782. The minimum atomic E-state index is -1.49. The highest BCUT2D eigenvalue weighted by Gasteiger charge is 2.11. The topological polar surface area (TPSA) is 37.8 Å². The van der Waals surface area contributed by atoms with Crippen LogP contribution in [0, 0.1) is 17.5 Å². The van der Waals surface area contributed by atoms with Crippen molar-refractivity contribution in [2.75, 3.05) is 5.32 Å². The number of anilines is 2. The molecule has 0 radical (unpaired) electrons. The second-order valence-corrected chi connectivity index (χ2v) is 4.93. The highest BCUT2D eigenvalue weighted by Crippen LogP contribution is 2.22. The lowest BCUT2D eigenvalue weighted by Gasteiger charge is -2.08. The molecular formula is C13H11BrF3N3. The Labute approximate surface area is 122 Å². The quantitative estimate of drug-likeness (QED) is 0.661. The van der Waals surface area contributed by atoms with Crippen LogP contribution in [-0.4, -0.2) is 9.97 Å². The normalized spacial score (nSPS) is 10.7. The third-order valence-corrected chi connectivity index (χ3v) is 2.88. The standard InChI is InChI=1S/C13H11BrF3N3/c1-2-3-11-19-10(14)6-12(20-11)18-7-4-8(15)13(17)9(16)5-7/h4-6H,2-3H2,1H3,(H,18,19,20). The molecule has 0 amide bonds. The fraction of sp³-hybridized carbons (Fsp3) is 0.231. The molecule has 2 rings (SSSR count). The molecule has 20 heavy (non-hydrogen) atoms. The zero-order chi connectivity index (χ0) is 14.7. The predicted molar refractivity (Wildman–Crippen MR) is 73.3 cm³/mol. The second kappa shape index (κ2) is 6.21. The lowest BCUT2D eigenvalue weighted by molar-refractivity contribution is 0.448. The summed E-state index contributed by atoms with van der Waals surface area (Å²) in [6, 6.07) is 3.31. The van der Waals surface area contributed by atoms with E-state index in [0.29, 0.717) is 22.7 Å². The van der Waals surface area contributed by atoms with Crippen molar-refractivity contribution in [1.29, 1.82) is 0 Å². The molecule has 0 atom stereocenters. The number of hydrogen-bond donors (Lipinski definition) is 1. The number of benzene rings is 1. The van der Waals surface area contributed by atoms with Gasteiger partial charge in [0, 0.05) is 30.3 Å². The van der Waals surface area contributed by atoms with Gasteiger partial charge in [0.15, 0.2) is 17.5 Å². The number of rotatable bonds is 4. The Balaban J connectivity index is 2.30. The molecule has 2 aromatic rings. The number of nitrogens with zero attached hydrogens (tertiary/aromatic N) is 2.